The zero-order valence-corrected chi connectivity index (χ0v) is 15.9. The summed E-state index contributed by atoms with van der Waals surface area (Å²) in [6, 6.07) is 32.5. The molecule has 0 spiro atoms. The molecule has 0 radical (unpaired) electrons. The van der Waals surface area contributed by atoms with E-state index in [9.17, 15) is 0 Å². The first-order chi connectivity index (χ1) is 13.3. The number of thiophene rings is 1. The fourth-order valence-electron chi connectivity index (χ4n) is 3.46. The molecule has 1 heterocycles. The maximum atomic E-state index is 3.46. The second-order valence-electron chi connectivity index (χ2n) is 6.88. The van der Waals surface area contributed by atoms with E-state index in [1.807, 2.05) is 11.3 Å². The fraction of sp³-hybridized carbons (Fsp3) is 0.0400. The van der Waals surface area contributed by atoms with E-state index in [0.29, 0.717) is 0 Å². The Morgan fingerprint density at radius 2 is 1.22 bits per heavy atom. The molecule has 1 N–H and O–H groups in total. The number of hydrogen-bond acceptors (Lipinski definition) is 2. The lowest BCUT2D eigenvalue weighted by Crippen LogP contribution is -1.90. The first-order valence-corrected chi connectivity index (χ1v) is 9.93. The second-order valence-corrected chi connectivity index (χ2v) is 7.96. The van der Waals surface area contributed by atoms with E-state index in [-0.39, 0.29) is 0 Å². The van der Waals surface area contributed by atoms with Crippen LogP contribution in [-0.4, -0.2) is 0 Å². The molecular weight excluding hydrogens is 346 g/mol. The average molecular weight is 366 g/mol. The minimum Gasteiger partial charge on any atom is -0.356 e. The first-order valence-electron chi connectivity index (χ1n) is 9.12. The molecule has 0 aliphatic heterocycles. The van der Waals surface area contributed by atoms with Gasteiger partial charge in [-0.3, -0.25) is 0 Å². The molecule has 0 saturated carbocycles. The number of hydrogen-bond donors (Lipinski definition) is 1. The number of fused-ring (bicyclic) bond motifs is 3. The van der Waals surface area contributed by atoms with Gasteiger partial charge in [0, 0.05) is 31.5 Å². The Labute approximate surface area is 162 Å². The van der Waals surface area contributed by atoms with Crippen LogP contribution in [0.5, 0.6) is 0 Å². The molecule has 0 unspecified atom stereocenters. The van der Waals surface area contributed by atoms with Crippen molar-refractivity contribution in [3.63, 3.8) is 0 Å². The lowest BCUT2D eigenvalue weighted by atomic mass is 10.0. The van der Waals surface area contributed by atoms with Crippen molar-refractivity contribution in [2.24, 2.45) is 0 Å². The van der Waals surface area contributed by atoms with Crippen LogP contribution in [-0.2, 0) is 0 Å². The van der Waals surface area contributed by atoms with E-state index in [1.165, 1.54) is 36.9 Å². The molecule has 1 aromatic heterocycles. The maximum Gasteiger partial charge on any atom is 0.0384 e. The number of benzene rings is 4. The highest BCUT2D eigenvalue weighted by Crippen LogP contribution is 2.36. The predicted octanol–water partition coefficient (Wildman–Crippen LogP) is 7.77. The second kappa shape index (κ2) is 6.57. The molecule has 0 amide bonds. The highest BCUT2D eigenvalue weighted by molar-refractivity contribution is 7.25. The maximum absolute atomic E-state index is 3.46. The van der Waals surface area contributed by atoms with Crippen molar-refractivity contribution in [1.82, 2.24) is 0 Å². The van der Waals surface area contributed by atoms with Gasteiger partial charge in [-0.05, 0) is 60.5 Å². The summed E-state index contributed by atoms with van der Waals surface area (Å²) >= 11 is 1.86. The molecule has 0 fully saturated rings. The third kappa shape index (κ3) is 3.09. The van der Waals surface area contributed by atoms with Gasteiger partial charge >= 0.3 is 0 Å². The molecule has 0 aliphatic rings. The molecule has 0 aliphatic carbocycles. The minimum absolute atomic E-state index is 1.10. The first kappa shape index (κ1) is 16.1. The van der Waals surface area contributed by atoms with Gasteiger partial charge in [0.2, 0.25) is 0 Å². The molecule has 130 valence electrons. The minimum atomic E-state index is 1.10. The van der Waals surface area contributed by atoms with Crippen molar-refractivity contribution in [1.29, 1.82) is 0 Å². The molecule has 0 saturated heterocycles. The van der Waals surface area contributed by atoms with Crippen LogP contribution in [0, 0.1) is 6.92 Å². The highest BCUT2D eigenvalue weighted by atomic mass is 32.1. The van der Waals surface area contributed by atoms with E-state index in [2.05, 4.69) is 103 Å². The van der Waals surface area contributed by atoms with E-state index in [1.54, 1.807) is 0 Å². The van der Waals surface area contributed by atoms with Gasteiger partial charge in [-0.15, -0.1) is 11.3 Å². The molecule has 5 aromatic rings. The number of rotatable bonds is 3. The van der Waals surface area contributed by atoms with Gasteiger partial charge in [0.25, 0.3) is 0 Å². The third-order valence-electron chi connectivity index (χ3n) is 4.94. The lowest BCUT2D eigenvalue weighted by Gasteiger charge is -2.08. The summed E-state index contributed by atoms with van der Waals surface area (Å²) in [5.74, 6) is 0. The molecule has 5 rings (SSSR count). The standard InChI is InChI=1S/C25H19NS/c1-17-6-11-20(12-7-17)26-21-13-8-18(9-14-21)19-10-15-25-23(16-19)22-4-2-3-5-24(22)27-25/h2-16,26H,1H3. The number of aryl methyl sites for hydroxylation is 1. The molecule has 0 atom stereocenters. The molecule has 4 aromatic carbocycles. The normalized spacial score (nSPS) is 11.1. The fourth-order valence-corrected chi connectivity index (χ4v) is 4.54. The zero-order valence-electron chi connectivity index (χ0n) is 15.1. The van der Waals surface area contributed by atoms with Crippen LogP contribution in [0.3, 0.4) is 0 Å². The van der Waals surface area contributed by atoms with Crippen LogP contribution >= 0.6 is 11.3 Å². The quantitative estimate of drug-likeness (QED) is 0.344. The molecular formula is C25H19NS. The topological polar surface area (TPSA) is 12.0 Å². The summed E-state index contributed by atoms with van der Waals surface area (Å²) in [6.07, 6.45) is 0. The van der Waals surface area contributed by atoms with E-state index < -0.39 is 0 Å². The highest BCUT2D eigenvalue weighted by Gasteiger charge is 2.06. The molecule has 1 nitrogen and oxygen atoms in total. The van der Waals surface area contributed by atoms with Crippen LogP contribution in [0.4, 0.5) is 11.4 Å². The summed E-state index contributed by atoms with van der Waals surface area (Å²) in [7, 11) is 0. The van der Waals surface area contributed by atoms with Crippen LogP contribution in [0.1, 0.15) is 5.56 Å². The van der Waals surface area contributed by atoms with Crippen molar-refractivity contribution < 1.29 is 0 Å². The van der Waals surface area contributed by atoms with Gasteiger partial charge in [0.05, 0.1) is 0 Å². The van der Waals surface area contributed by atoms with E-state index in [0.717, 1.165) is 11.4 Å². The summed E-state index contributed by atoms with van der Waals surface area (Å²) < 4.78 is 2.69. The van der Waals surface area contributed by atoms with Crippen molar-refractivity contribution in [2.75, 3.05) is 5.32 Å². The Balaban J connectivity index is 1.47. The zero-order chi connectivity index (χ0) is 18.2. The van der Waals surface area contributed by atoms with Gasteiger partial charge in [-0.1, -0.05) is 54.1 Å². The number of anilines is 2. The van der Waals surface area contributed by atoms with Gasteiger partial charge in [-0.2, -0.15) is 0 Å². The summed E-state index contributed by atoms with van der Waals surface area (Å²) in [5.41, 5.74) is 5.98. The van der Waals surface area contributed by atoms with Crippen molar-refractivity contribution >= 4 is 42.9 Å². The summed E-state index contributed by atoms with van der Waals surface area (Å²) in [4.78, 5) is 0. The Kier molecular flexibility index (Phi) is 3.92. The predicted molar refractivity (Wildman–Crippen MR) is 119 cm³/mol. The Hall–Kier alpha value is -3.10. The van der Waals surface area contributed by atoms with Crippen molar-refractivity contribution in [3.05, 3.63) is 96.6 Å². The van der Waals surface area contributed by atoms with Crippen LogP contribution in [0.25, 0.3) is 31.3 Å². The molecule has 27 heavy (non-hydrogen) atoms. The van der Waals surface area contributed by atoms with Gasteiger partial charge in [0.15, 0.2) is 0 Å². The van der Waals surface area contributed by atoms with Crippen LogP contribution < -0.4 is 5.32 Å². The average Bonchev–Trinajstić information content (AvgIpc) is 3.08. The van der Waals surface area contributed by atoms with Gasteiger partial charge in [0.1, 0.15) is 0 Å². The molecule has 2 heteroatoms. The van der Waals surface area contributed by atoms with Crippen molar-refractivity contribution in [2.45, 2.75) is 6.92 Å². The van der Waals surface area contributed by atoms with Gasteiger partial charge < -0.3 is 5.32 Å². The molecule has 0 bridgehead atoms. The summed E-state index contributed by atoms with van der Waals surface area (Å²) in [5, 5.41) is 6.15. The SMILES string of the molecule is Cc1ccc(Nc2ccc(-c3ccc4sc5ccccc5c4c3)cc2)cc1. The Morgan fingerprint density at radius 1 is 0.593 bits per heavy atom. The number of nitrogens with one attached hydrogen (secondary N) is 1. The van der Waals surface area contributed by atoms with Gasteiger partial charge in [-0.25, -0.2) is 0 Å². The van der Waals surface area contributed by atoms with Crippen molar-refractivity contribution in [3.8, 4) is 11.1 Å². The van der Waals surface area contributed by atoms with Crippen LogP contribution in [0.2, 0.25) is 0 Å². The summed E-state index contributed by atoms with van der Waals surface area (Å²) in [6.45, 7) is 2.10. The Bertz CT molecular complexity index is 1230. The Morgan fingerprint density at radius 3 is 2.00 bits per heavy atom. The lowest BCUT2D eigenvalue weighted by molar-refractivity contribution is 1.45. The van der Waals surface area contributed by atoms with E-state index >= 15 is 0 Å². The van der Waals surface area contributed by atoms with Crippen LogP contribution in [0.15, 0.2) is 91.0 Å². The van der Waals surface area contributed by atoms with E-state index in [4.69, 9.17) is 0 Å². The third-order valence-corrected chi connectivity index (χ3v) is 6.09. The largest absolute Gasteiger partial charge is 0.356 e. The smallest absolute Gasteiger partial charge is 0.0384 e. The monoisotopic (exact) mass is 365 g/mol.